The van der Waals surface area contributed by atoms with Crippen LogP contribution in [0.15, 0.2) is 24.3 Å². The van der Waals surface area contributed by atoms with Crippen molar-refractivity contribution >= 4 is 18.3 Å². The molecule has 1 amide bonds. The largest absolute Gasteiger partial charge is 0.417 e. The van der Waals surface area contributed by atoms with Crippen molar-refractivity contribution in [3.63, 3.8) is 0 Å². The monoisotopic (exact) mass is 325 g/mol. The van der Waals surface area contributed by atoms with E-state index in [4.69, 9.17) is 11.5 Å². The molecule has 120 valence electrons. The average molecular weight is 326 g/mol. The number of carbonyl (C=O) groups excluding carboxylic acids is 1. The van der Waals surface area contributed by atoms with Gasteiger partial charge in [0.2, 0.25) is 0 Å². The lowest BCUT2D eigenvalue weighted by Gasteiger charge is -2.15. The third-order valence-corrected chi connectivity index (χ3v) is 2.78. The van der Waals surface area contributed by atoms with Gasteiger partial charge in [0.1, 0.15) is 0 Å². The van der Waals surface area contributed by atoms with Gasteiger partial charge in [-0.05, 0) is 31.5 Å². The first kappa shape index (κ1) is 19.7. The maximum atomic E-state index is 12.8. The van der Waals surface area contributed by atoms with Crippen LogP contribution in [0.2, 0.25) is 0 Å². The van der Waals surface area contributed by atoms with Crippen LogP contribution in [-0.2, 0) is 6.18 Å². The van der Waals surface area contributed by atoms with Crippen LogP contribution >= 0.6 is 12.4 Å². The lowest BCUT2D eigenvalue weighted by Crippen LogP contribution is -2.38. The molecule has 1 atom stereocenters. The summed E-state index contributed by atoms with van der Waals surface area (Å²) < 4.78 is 38.3. The quantitative estimate of drug-likeness (QED) is 0.747. The number of carbonyl (C=O) groups is 1. The summed E-state index contributed by atoms with van der Waals surface area (Å²) in [5, 5.41) is 2.42. The van der Waals surface area contributed by atoms with Gasteiger partial charge in [-0.25, -0.2) is 0 Å². The molecule has 1 aromatic carbocycles. The summed E-state index contributed by atoms with van der Waals surface area (Å²) in [6, 6.07) is 4.33. The SMILES string of the molecule is Cl.NCCCC(N)CNC(=O)c1ccccc1C(F)(F)F. The minimum Gasteiger partial charge on any atom is -0.350 e. The van der Waals surface area contributed by atoms with E-state index in [1.807, 2.05) is 0 Å². The van der Waals surface area contributed by atoms with Gasteiger partial charge < -0.3 is 16.8 Å². The Labute approximate surface area is 127 Å². The zero-order chi connectivity index (χ0) is 15.2. The highest BCUT2D eigenvalue weighted by atomic mass is 35.5. The Balaban J connectivity index is 0.00000400. The number of benzene rings is 1. The summed E-state index contributed by atoms with van der Waals surface area (Å²) in [5.41, 5.74) is 9.69. The van der Waals surface area contributed by atoms with E-state index >= 15 is 0 Å². The number of hydrogen-bond acceptors (Lipinski definition) is 3. The highest BCUT2D eigenvalue weighted by molar-refractivity contribution is 5.95. The van der Waals surface area contributed by atoms with Crippen LogP contribution in [0.25, 0.3) is 0 Å². The van der Waals surface area contributed by atoms with E-state index in [-0.39, 0.29) is 25.0 Å². The van der Waals surface area contributed by atoms with Gasteiger partial charge in [-0.15, -0.1) is 12.4 Å². The highest BCUT2D eigenvalue weighted by Gasteiger charge is 2.34. The normalized spacial score (nSPS) is 12.4. The molecule has 1 unspecified atom stereocenters. The Morgan fingerprint density at radius 3 is 2.48 bits per heavy atom. The Kier molecular flexibility index (Phi) is 8.31. The van der Waals surface area contributed by atoms with Crippen LogP contribution < -0.4 is 16.8 Å². The number of alkyl halides is 3. The molecule has 0 heterocycles. The molecule has 0 fully saturated rings. The van der Waals surface area contributed by atoms with Crippen LogP contribution in [0.5, 0.6) is 0 Å². The van der Waals surface area contributed by atoms with Crippen LogP contribution in [-0.4, -0.2) is 25.0 Å². The fraction of sp³-hybridized carbons (Fsp3) is 0.462. The van der Waals surface area contributed by atoms with Gasteiger partial charge in [-0.3, -0.25) is 4.79 Å². The molecule has 0 aromatic heterocycles. The number of halogens is 4. The number of nitrogens with one attached hydrogen (secondary N) is 1. The Bertz CT molecular complexity index is 455. The van der Waals surface area contributed by atoms with E-state index in [2.05, 4.69) is 5.32 Å². The summed E-state index contributed by atoms with van der Waals surface area (Å²) in [5.74, 6) is -0.777. The summed E-state index contributed by atoms with van der Waals surface area (Å²) in [7, 11) is 0. The molecule has 0 aliphatic heterocycles. The molecule has 1 rings (SSSR count). The first-order valence-electron chi connectivity index (χ1n) is 6.26. The minimum atomic E-state index is -4.56. The predicted octanol–water partition coefficient (Wildman–Crippen LogP) is 1.92. The predicted molar refractivity (Wildman–Crippen MR) is 77.3 cm³/mol. The van der Waals surface area contributed by atoms with E-state index in [0.717, 1.165) is 12.1 Å². The van der Waals surface area contributed by atoms with Crippen molar-refractivity contribution in [3.8, 4) is 0 Å². The van der Waals surface area contributed by atoms with Crippen molar-refractivity contribution in [2.75, 3.05) is 13.1 Å². The number of nitrogens with two attached hydrogens (primary N) is 2. The molecule has 1 aromatic rings. The lowest BCUT2D eigenvalue weighted by molar-refractivity contribution is -0.137. The fourth-order valence-corrected chi connectivity index (χ4v) is 1.73. The summed E-state index contributed by atoms with van der Waals surface area (Å²) >= 11 is 0. The molecule has 0 saturated heterocycles. The smallest absolute Gasteiger partial charge is 0.350 e. The molecule has 0 spiro atoms. The number of hydrogen-bond donors (Lipinski definition) is 3. The van der Waals surface area contributed by atoms with Gasteiger partial charge in [-0.2, -0.15) is 13.2 Å². The van der Waals surface area contributed by atoms with E-state index in [0.29, 0.717) is 19.4 Å². The zero-order valence-electron chi connectivity index (χ0n) is 11.3. The molecule has 0 bridgehead atoms. The standard InChI is InChI=1S/C13H18F3N3O.ClH/c14-13(15,16)11-6-2-1-5-10(11)12(20)19-8-9(18)4-3-7-17;/h1-2,5-6,9H,3-4,7-8,17-18H2,(H,19,20);1H. The average Bonchev–Trinajstić information content (AvgIpc) is 2.41. The maximum Gasteiger partial charge on any atom is 0.417 e. The van der Waals surface area contributed by atoms with Crippen molar-refractivity contribution in [2.24, 2.45) is 11.5 Å². The fourth-order valence-electron chi connectivity index (χ4n) is 1.73. The highest BCUT2D eigenvalue weighted by Crippen LogP contribution is 2.31. The zero-order valence-corrected chi connectivity index (χ0v) is 12.1. The maximum absolute atomic E-state index is 12.8. The molecule has 0 aliphatic carbocycles. The van der Waals surface area contributed by atoms with E-state index in [1.165, 1.54) is 12.1 Å². The van der Waals surface area contributed by atoms with E-state index < -0.39 is 23.2 Å². The first-order valence-corrected chi connectivity index (χ1v) is 6.26. The third-order valence-electron chi connectivity index (χ3n) is 2.78. The van der Waals surface area contributed by atoms with Crippen molar-refractivity contribution < 1.29 is 18.0 Å². The molecule has 5 N–H and O–H groups in total. The minimum absolute atomic E-state index is 0. The molecular formula is C13H19ClF3N3O. The van der Waals surface area contributed by atoms with Gasteiger partial charge in [0.05, 0.1) is 11.1 Å². The van der Waals surface area contributed by atoms with E-state index in [1.54, 1.807) is 0 Å². The summed E-state index contributed by atoms with van der Waals surface area (Å²) in [6.07, 6.45) is -3.25. The molecule has 0 aliphatic rings. The topological polar surface area (TPSA) is 81.1 Å². The van der Waals surface area contributed by atoms with Gasteiger partial charge >= 0.3 is 6.18 Å². The number of rotatable bonds is 6. The molecule has 4 nitrogen and oxygen atoms in total. The molecule has 0 radical (unpaired) electrons. The molecule has 21 heavy (non-hydrogen) atoms. The van der Waals surface area contributed by atoms with Crippen LogP contribution in [0.1, 0.15) is 28.8 Å². The Hall–Kier alpha value is -1.31. The lowest BCUT2D eigenvalue weighted by atomic mass is 10.1. The van der Waals surface area contributed by atoms with Crippen LogP contribution in [0.3, 0.4) is 0 Å². The van der Waals surface area contributed by atoms with Crippen molar-refractivity contribution in [2.45, 2.75) is 25.1 Å². The molecule has 0 saturated carbocycles. The van der Waals surface area contributed by atoms with Crippen molar-refractivity contribution in [1.82, 2.24) is 5.32 Å². The third kappa shape index (κ3) is 6.33. The summed E-state index contributed by atoms with van der Waals surface area (Å²) in [4.78, 5) is 11.8. The first-order chi connectivity index (χ1) is 9.36. The van der Waals surface area contributed by atoms with Crippen LogP contribution in [0, 0.1) is 0 Å². The van der Waals surface area contributed by atoms with E-state index in [9.17, 15) is 18.0 Å². The Morgan fingerprint density at radius 2 is 1.90 bits per heavy atom. The molecule has 8 heteroatoms. The second-order valence-corrected chi connectivity index (χ2v) is 4.44. The van der Waals surface area contributed by atoms with Gasteiger partial charge in [0.25, 0.3) is 5.91 Å². The van der Waals surface area contributed by atoms with Crippen LogP contribution in [0.4, 0.5) is 13.2 Å². The molecular weight excluding hydrogens is 307 g/mol. The van der Waals surface area contributed by atoms with Crippen molar-refractivity contribution in [3.05, 3.63) is 35.4 Å². The van der Waals surface area contributed by atoms with Gasteiger partial charge in [0.15, 0.2) is 0 Å². The number of amides is 1. The Morgan fingerprint density at radius 1 is 1.29 bits per heavy atom. The van der Waals surface area contributed by atoms with Gasteiger partial charge in [-0.1, -0.05) is 12.1 Å². The summed E-state index contributed by atoms with van der Waals surface area (Å²) in [6.45, 7) is 0.601. The van der Waals surface area contributed by atoms with Crippen molar-refractivity contribution in [1.29, 1.82) is 0 Å². The second-order valence-electron chi connectivity index (χ2n) is 4.44. The van der Waals surface area contributed by atoms with Gasteiger partial charge in [0, 0.05) is 12.6 Å². The second kappa shape index (κ2) is 8.86.